The first-order chi connectivity index (χ1) is 15.6. The lowest BCUT2D eigenvalue weighted by molar-refractivity contribution is -0.137. The zero-order chi connectivity index (χ0) is 22.6. The van der Waals surface area contributed by atoms with Gasteiger partial charge in [-0.25, -0.2) is 0 Å². The number of amides is 2. The Balaban J connectivity index is 1.69. The van der Waals surface area contributed by atoms with E-state index in [-0.39, 0.29) is 24.3 Å². The summed E-state index contributed by atoms with van der Waals surface area (Å²) in [6, 6.07) is 15.0. The highest BCUT2D eigenvalue weighted by molar-refractivity contribution is 6.15. The molecule has 1 N–H and O–H groups in total. The summed E-state index contributed by atoms with van der Waals surface area (Å²) in [7, 11) is 3.22. The Kier molecular flexibility index (Phi) is 6.49. The average molecular weight is 435 g/mol. The molecule has 2 aromatic carbocycles. The van der Waals surface area contributed by atoms with E-state index in [2.05, 4.69) is 5.32 Å². The molecule has 2 amide bonds. The van der Waals surface area contributed by atoms with Crippen LogP contribution in [0.25, 0.3) is 6.08 Å². The minimum atomic E-state index is -1.08. The maximum Gasteiger partial charge on any atom is 0.251 e. The largest absolute Gasteiger partial charge is 0.497 e. The summed E-state index contributed by atoms with van der Waals surface area (Å²) >= 11 is 0. The summed E-state index contributed by atoms with van der Waals surface area (Å²) < 4.78 is 10.7. The molecule has 0 aromatic heterocycles. The van der Waals surface area contributed by atoms with Gasteiger partial charge in [0.2, 0.25) is 5.91 Å². The first-order valence-corrected chi connectivity index (χ1v) is 11.2. The van der Waals surface area contributed by atoms with Crippen molar-refractivity contribution in [1.29, 1.82) is 0 Å². The average Bonchev–Trinajstić information content (AvgIpc) is 2.82. The number of carbonyl (C=O) groups excluding carboxylic acids is 2. The van der Waals surface area contributed by atoms with Gasteiger partial charge in [-0.1, -0.05) is 43.5 Å². The maximum atomic E-state index is 13.6. The lowest BCUT2D eigenvalue weighted by Gasteiger charge is -2.49. The second-order valence-corrected chi connectivity index (χ2v) is 8.41. The van der Waals surface area contributed by atoms with Gasteiger partial charge >= 0.3 is 0 Å². The summed E-state index contributed by atoms with van der Waals surface area (Å²) in [6.45, 7) is 0. The monoisotopic (exact) mass is 434 g/mol. The fraction of sp³-hybridized carbons (Fsp3) is 0.385. The van der Waals surface area contributed by atoms with E-state index in [9.17, 15) is 9.59 Å². The number of ether oxygens (including phenoxy) is 2. The van der Waals surface area contributed by atoms with Crippen LogP contribution in [0.5, 0.6) is 11.5 Å². The van der Waals surface area contributed by atoms with Gasteiger partial charge in [-0.2, -0.15) is 0 Å². The molecule has 1 unspecified atom stereocenters. The third-order valence-corrected chi connectivity index (χ3v) is 6.41. The molecule has 1 aliphatic heterocycles. The Hall–Kier alpha value is -3.28. The Morgan fingerprint density at radius 1 is 1.03 bits per heavy atom. The van der Waals surface area contributed by atoms with Crippen molar-refractivity contribution >= 4 is 23.6 Å². The molecule has 1 heterocycles. The van der Waals surface area contributed by atoms with E-state index < -0.39 is 5.54 Å². The van der Waals surface area contributed by atoms with Crippen LogP contribution in [-0.2, 0) is 9.59 Å². The molecule has 168 valence electrons. The van der Waals surface area contributed by atoms with Gasteiger partial charge in [0, 0.05) is 17.3 Å². The first-order valence-electron chi connectivity index (χ1n) is 11.2. The first kappa shape index (κ1) is 21.9. The predicted octanol–water partition coefficient (Wildman–Crippen LogP) is 4.34. The quantitative estimate of drug-likeness (QED) is 0.658. The van der Waals surface area contributed by atoms with Gasteiger partial charge in [-0.3, -0.25) is 14.5 Å². The molecule has 2 aromatic rings. The van der Waals surface area contributed by atoms with Crippen molar-refractivity contribution in [3.8, 4) is 11.5 Å². The van der Waals surface area contributed by atoms with E-state index in [4.69, 9.17) is 9.47 Å². The lowest BCUT2D eigenvalue weighted by atomic mass is 9.80. The molecule has 6 heteroatoms. The highest BCUT2D eigenvalue weighted by Gasteiger charge is 2.56. The Labute approximate surface area is 189 Å². The van der Waals surface area contributed by atoms with Crippen molar-refractivity contribution in [1.82, 2.24) is 5.32 Å². The molecule has 2 fully saturated rings. The number of benzene rings is 2. The number of anilines is 1. The summed E-state index contributed by atoms with van der Waals surface area (Å²) in [6.07, 6.45) is 9.26. The summed E-state index contributed by atoms with van der Waals surface area (Å²) in [5.74, 6) is 1.20. The van der Waals surface area contributed by atoms with Crippen LogP contribution >= 0.6 is 0 Å². The number of nitrogens with zero attached hydrogens (tertiary/aromatic N) is 1. The van der Waals surface area contributed by atoms with Crippen LogP contribution in [0.1, 0.15) is 44.1 Å². The number of carbonyl (C=O) groups is 2. The molecule has 1 atom stereocenters. The minimum Gasteiger partial charge on any atom is -0.497 e. The normalized spacial score (nSPS) is 21.3. The van der Waals surface area contributed by atoms with Crippen LogP contribution in [0.15, 0.2) is 54.6 Å². The van der Waals surface area contributed by atoms with Crippen molar-refractivity contribution in [2.75, 3.05) is 19.1 Å². The third kappa shape index (κ3) is 4.22. The van der Waals surface area contributed by atoms with E-state index in [0.717, 1.165) is 31.2 Å². The maximum absolute atomic E-state index is 13.6. The van der Waals surface area contributed by atoms with Gasteiger partial charge < -0.3 is 14.8 Å². The number of β-lactam (4-membered cyclic amide) rings is 1. The molecule has 0 radical (unpaired) electrons. The van der Waals surface area contributed by atoms with Crippen LogP contribution in [-0.4, -0.2) is 37.6 Å². The topological polar surface area (TPSA) is 67.9 Å². The van der Waals surface area contributed by atoms with Crippen molar-refractivity contribution < 1.29 is 19.1 Å². The highest BCUT2D eigenvalue weighted by Crippen LogP contribution is 2.40. The molecule has 1 aliphatic carbocycles. The van der Waals surface area contributed by atoms with Crippen LogP contribution in [0.3, 0.4) is 0 Å². The number of para-hydroxylation sites is 1. The van der Waals surface area contributed by atoms with Crippen molar-refractivity contribution in [2.24, 2.45) is 0 Å². The SMILES string of the molecule is COc1ccc(N2C(=O)CC2(C=Cc2ccccc2OC)C(=O)NC2CCCCC2)cc1. The Morgan fingerprint density at radius 2 is 1.75 bits per heavy atom. The lowest BCUT2D eigenvalue weighted by Crippen LogP contribution is -2.70. The molecule has 0 spiro atoms. The zero-order valence-electron chi connectivity index (χ0n) is 18.7. The molecular weight excluding hydrogens is 404 g/mol. The fourth-order valence-electron chi connectivity index (χ4n) is 4.61. The van der Waals surface area contributed by atoms with Crippen molar-refractivity contribution in [3.05, 3.63) is 60.2 Å². The molecule has 32 heavy (non-hydrogen) atoms. The van der Waals surface area contributed by atoms with Gasteiger partial charge in [-0.15, -0.1) is 0 Å². The Bertz CT molecular complexity index is 995. The molecule has 2 aliphatic rings. The van der Waals surface area contributed by atoms with E-state index in [1.54, 1.807) is 31.3 Å². The van der Waals surface area contributed by atoms with Gasteiger partial charge in [0.15, 0.2) is 5.54 Å². The molecule has 6 nitrogen and oxygen atoms in total. The number of hydrogen-bond donors (Lipinski definition) is 1. The van der Waals surface area contributed by atoms with Crippen LogP contribution in [0.4, 0.5) is 5.69 Å². The summed E-state index contributed by atoms with van der Waals surface area (Å²) in [5.41, 5.74) is 0.448. The fourth-order valence-corrected chi connectivity index (χ4v) is 4.61. The highest BCUT2D eigenvalue weighted by atomic mass is 16.5. The van der Waals surface area contributed by atoms with E-state index in [1.165, 1.54) is 6.42 Å². The molecule has 1 saturated carbocycles. The van der Waals surface area contributed by atoms with E-state index in [0.29, 0.717) is 17.2 Å². The second kappa shape index (κ2) is 9.47. The third-order valence-electron chi connectivity index (χ3n) is 6.41. The summed E-state index contributed by atoms with van der Waals surface area (Å²) in [4.78, 5) is 28.0. The smallest absolute Gasteiger partial charge is 0.251 e. The van der Waals surface area contributed by atoms with Crippen molar-refractivity contribution in [2.45, 2.75) is 50.1 Å². The molecule has 1 saturated heterocycles. The zero-order valence-corrected chi connectivity index (χ0v) is 18.7. The van der Waals surface area contributed by atoms with Crippen molar-refractivity contribution in [3.63, 3.8) is 0 Å². The minimum absolute atomic E-state index is 0.0846. The standard InChI is InChI=1S/C26H30N2O4/c1-31-22-14-12-21(13-15-22)28-24(29)18-26(28,25(30)27-20-9-4-3-5-10-20)17-16-19-8-6-7-11-23(19)32-2/h6-8,11-17,20H,3-5,9-10,18H2,1-2H3,(H,27,30). The molecule has 0 bridgehead atoms. The molecular formula is C26H30N2O4. The summed E-state index contributed by atoms with van der Waals surface area (Å²) in [5, 5.41) is 3.23. The number of rotatable bonds is 7. The Morgan fingerprint density at radius 3 is 2.41 bits per heavy atom. The van der Waals surface area contributed by atoms with E-state index >= 15 is 0 Å². The number of hydrogen-bond acceptors (Lipinski definition) is 4. The number of nitrogens with one attached hydrogen (secondary N) is 1. The van der Waals surface area contributed by atoms with Crippen LogP contribution in [0, 0.1) is 0 Å². The van der Waals surface area contributed by atoms with Gasteiger partial charge in [0.1, 0.15) is 11.5 Å². The number of methoxy groups -OCH3 is 2. The van der Waals surface area contributed by atoms with Gasteiger partial charge in [-0.05, 0) is 49.2 Å². The van der Waals surface area contributed by atoms with E-state index in [1.807, 2.05) is 48.6 Å². The van der Waals surface area contributed by atoms with Gasteiger partial charge in [0.05, 0.1) is 20.6 Å². The molecule has 4 rings (SSSR count). The van der Waals surface area contributed by atoms with Gasteiger partial charge in [0.25, 0.3) is 5.91 Å². The predicted molar refractivity (Wildman–Crippen MR) is 125 cm³/mol. The van der Waals surface area contributed by atoms with Crippen LogP contribution in [0.2, 0.25) is 0 Å². The second-order valence-electron chi connectivity index (χ2n) is 8.41. The van der Waals surface area contributed by atoms with Crippen LogP contribution < -0.4 is 19.7 Å².